The predicted molar refractivity (Wildman–Crippen MR) is 65.8 cm³/mol. The van der Waals surface area contributed by atoms with Crippen LogP contribution in [0.4, 0.5) is 0 Å². The lowest BCUT2D eigenvalue weighted by molar-refractivity contribution is -0.118. The third-order valence-electron chi connectivity index (χ3n) is 2.17. The summed E-state index contributed by atoms with van der Waals surface area (Å²) in [6.45, 7) is 2.06. The van der Waals surface area contributed by atoms with E-state index in [9.17, 15) is 14.7 Å². The number of nitrogens with one attached hydrogen (secondary N) is 1. The van der Waals surface area contributed by atoms with Crippen LogP contribution in [0.5, 0.6) is 5.75 Å². The molecular formula is C13H15NO3. The Hall–Kier alpha value is -2.10. The second-order valence-corrected chi connectivity index (χ2v) is 3.61. The standard InChI is InChI=1S/C13H15NO3/c1-10(16)14-7-3-2-4-11-5-6-13(17)12(8-11)9-15/h2,4-6,8-9,17H,3,7H2,1H3,(H,14,16). The molecule has 0 atom stereocenters. The average molecular weight is 233 g/mol. The second-order valence-electron chi connectivity index (χ2n) is 3.61. The van der Waals surface area contributed by atoms with Gasteiger partial charge in [-0.05, 0) is 24.1 Å². The first-order chi connectivity index (χ1) is 8.13. The number of rotatable bonds is 5. The largest absolute Gasteiger partial charge is 0.507 e. The summed E-state index contributed by atoms with van der Waals surface area (Å²) in [6.07, 6.45) is 5.08. The molecule has 1 aromatic carbocycles. The topological polar surface area (TPSA) is 66.4 Å². The van der Waals surface area contributed by atoms with E-state index in [2.05, 4.69) is 5.32 Å². The lowest BCUT2D eigenvalue weighted by Crippen LogP contribution is -2.20. The van der Waals surface area contributed by atoms with Crippen molar-refractivity contribution in [3.63, 3.8) is 0 Å². The van der Waals surface area contributed by atoms with Crippen LogP contribution in [-0.2, 0) is 4.79 Å². The molecule has 1 aromatic rings. The molecule has 0 saturated carbocycles. The van der Waals surface area contributed by atoms with Gasteiger partial charge in [0.15, 0.2) is 6.29 Å². The molecule has 1 rings (SSSR count). The highest BCUT2D eigenvalue weighted by atomic mass is 16.3. The molecule has 0 aromatic heterocycles. The van der Waals surface area contributed by atoms with Gasteiger partial charge in [-0.25, -0.2) is 0 Å². The van der Waals surface area contributed by atoms with Crippen molar-refractivity contribution < 1.29 is 14.7 Å². The lowest BCUT2D eigenvalue weighted by atomic mass is 10.1. The molecule has 2 N–H and O–H groups in total. The summed E-state index contributed by atoms with van der Waals surface area (Å²) in [6, 6.07) is 4.81. The molecule has 1 amide bonds. The van der Waals surface area contributed by atoms with Crippen LogP contribution in [0.1, 0.15) is 29.3 Å². The normalized spacial score (nSPS) is 10.4. The van der Waals surface area contributed by atoms with Gasteiger partial charge in [0, 0.05) is 13.5 Å². The number of amides is 1. The molecule has 0 saturated heterocycles. The number of aromatic hydroxyl groups is 1. The minimum absolute atomic E-state index is 0.0182. The summed E-state index contributed by atoms with van der Waals surface area (Å²) in [5, 5.41) is 12.0. The van der Waals surface area contributed by atoms with Crippen molar-refractivity contribution in [2.24, 2.45) is 0 Å². The fraction of sp³-hybridized carbons (Fsp3) is 0.231. The van der Waals surface area contributed by atoms with Gasteiger partial charge < -0.3 is 10.4 Å². The van der Waals surface area contributed by atoms with E-state index < -0.39 is 0 Å². The molecule has 0 aliphatic heterocycles. The third kappa shape index (κ3) is 4.51. The Morgan fingerprint density at radius 2 is 2.24 bits per heavy atom. The van der Waals surface area contributed by atoms with Crippen molar-refractivity contribution in [1.29, 1.82) is 0 Å². The first-order valence-corrected chi connectivity index (χ1v) is 5.32. The van der Waals surface area contributed by atoms with Crippen LogP contribution in [0, 0.1) is 0 Å². The van der Waals surface area contributed by atoms with Gasteiger partial charge in [0.1, 0.15) is 5.75 Å². The Balaban J connectivity index is 2.53. The average Bonchev–Trinajstić information content (AvgIpc) is 2.30. The monoisotopic (exact) mass is 233 g/mol. The third-order valence-corrected chi connectivity index (χ3v) is 2.17. The molecule has 17 heavy (non-hydrogen) atoms. The maximum Gasteiger partial charge on any atom is 0.216 e. The maximum atomic E-state index is 10.6. The highest BCUT2D eigenvalue weighted by molar-refractivity contribution is 5.80. The molecule has 0 aliphatic carbocycles. The van der Waals surface area contributed by atoms with Gasteiger partial charge in [0.2, 0.25) is 5.91 Å². The fourth-order valence-corrected chi connectivity index (χ4v) is 1.32. The number of carbonyl (C=O) groups excluding carboxylic acids is 2. The zero-order valence-electron chi connectivity index (χ0n) is 9.64. The van der Waals surface area contributed by atoms with Crippen LogP contribution in [0.3, 0.4) is 0 Å². The van der Waals surface area contributed by atoms with Gasteiger partial charge >= 0.3 is 0 Å². The van der Waals surface area contributed by atoms with Crippen LogP contribution >= 0.6 is 0 Å². The van der Waals surface area contributed by atoms with Crippen molar-refractivity contribution in [2.75, 3.05) is 6.54 Å². The quantitative estimate of drug-likeness (QED) is 0.601. The van der Waals surface area contributed by atoms with Gasteiger partial charge in [-0.1, -0.05) is 18.2 Å². The number of carbonyl (C=O) groups is 2. The van der Waals surface area contributed by atoms with Gasteiger partial charge in [-0.3, -0.25) is 9.59 Å². The van der Waals surface area contributed by atoms with Gasteiger partial charge in [0.05, 0.1) is 5.56 Å². The molecule has 4 nitrogen and oxygen atoms in total. The molecule has 90 valence electrons. The summed E-state index contributed by atoms with van der Waals surface area (Å²) in [4.78, 5) is 21.2. The van der Waals surface area contributed by atoms with E-state index >= 15 is 0 Å². The molecular weight excluding hydrogens is 218 g/mol. The van der Waals surface area contributed by atoms with E-state index in [0.717, 1.165) is 12.0 Å². The van der Waals surface area contributed by atoms with Crippen molar-refractivity contribution in [1.82, 2.24) is 5.32 Å². The van der Waals surface area contributed by atoms with E-state index in [0.29, 0.717) is 12.8 Å². The molecule has 0 fully saturated rings. The smallest absolute Gasteiger partial charge is 0.216 e. The van der Waals surface area contributed by atoms with Crippen molar-refractivity contribution in [3.8, 4) is 5.75 Å². The molecule has 0 unspecified atom stereocenters. The predicted octanol–water partition coefficient (Wildman–Crippen LogP) is 1.74. The van der Waals surface area contributed by atoms with Gasteiger partial charge in [0.25, 0.3) is 0 Å². The molecule has 0 radical (unpaired) electrons. The zero-order valence-corrected chi connectivity index (χ0v) is 9.64. The fourth-order valence-electron chi connectivity index (χ4n) is 1.32. The summed E-state index contributed by atoms with van der Waals surface area (Å²) in [5.41, 5.74) is 1.11. The molecule has 0 aliphatic rings. The van der Waals surface area contributed by atoms with Crippen LogP contribution in [0.2, 0.25) is 0 Å². The Kier molecular flexibility index (Phi) is 4.94. The Bertz CT molecular complexity index is 438. The van der Waals surface area contributed by atoms with Crippen LogP contribution in [0.25, 0.3) is 6.08 Å². The first-order valence-electron chi connectivity index (χ1n) is 5.32. The molecule has 0 spiro atoms. The first kappa shape index (κ1) is 13.0. The zero-order chi connectivity index (χ0) is 12.7. The van der Waals surface area contributed by atoms with Crippen molar-refractivity contribution in [3.05, 3.63) is 35.4 Å². The summed E-state index contributed by atoms with van der Waals surface area (Å²) < 4.78 is 0. The highest BCUT2D eigenvalue weighted by Gasteiger charge is 1.98. The van der Waals surface area contributed by atoms with E-state index in [4.69, 9.17) is 0 Å². The SMILES string of the molecule is CC(=O)NCCC=Cc1ccc(O)c(C=O)c1. The minimum atomic E-state index is -0.0497. The number of hydrogen-bond donors (Lipinski definition) is 2. The maximum absolute atomic E-state index is 10.6. The highest BCUT2D eigenvalue weighted by Crippen LogP contribution is 2.17. The Labute approximate surface area is 100.0 Å². The summed E-state index contributed by atoms with van der Waals surface area (Å²) in [7, 11) is 0. The van der Waals surface area contributed by atoms with Gasteiger partial charge in [-0.2, -0.15) is 0 Å². The molecule has 0 heterocycles. The minimum Gasteiger partial charge on any atom is -0.507 e. The van der Waals surface area contributed by atoms with Crippen molar-refractivity contribution >= 4 is 18.3 Å². The molecule has 0 bridgehead atoms. The summed E-state index contributed by atoms with van der Waals surface area (Å²) in [5.74, 6) is -0.0679. The van der Waals surface area contributed by atoms with E-state index in [-0.39, 0.29) is 17.2 Å². The van der Waals surface area contributed by atoms with Crippen LogP contribution < -0.4 is 5.32 Å². The Morgan fingerprint density at radius 1 is 1.47 bits per heavy atom. The van der Waals surface area contributed by atoms with E-state index in [1.165, 1.54) is 13.0 Å². The number of phenolic OH excluding ortho intramolecular Hbond substituents is 1. The number of phenols is 1. The number of aldehydes is 1. The molecule has 4 heteroatoms. The lowest BCUT2D eigenvalue weighted by Gasteiger charge is -1.99. The van der Waals surface area contributed by atoms with Crippen LogP contribution in [-0.4, -0.2) is 23.8 Å². The van der Waals surface area contributed by atoms with E-state index in [1.54, 1.807) is 12.1 Å². The number of benzene rings is 1. The van der Waals surface area contributed by atoms with E-state index in [1.807, 2.05) is 12.2 Å². The summed E-state index contributed by atoms with van der Waals surface area (Å²) >= 11 is 0. The van der Waals surface area contributed by atoms with Gasteiger partial charge in [-0.15, -0.1) is 0 Å². The van der Waals surface area contributed by atoms with Crippen molar-refractivity contribution in [2.45, 2.75) is 13.3 Å². The Morgan fingerprint density at radius 3 is 2.88 bits per heavy atom. The second kappa shape index (κ2) is 6.48. The van der Waals surface area contributed by atoms with Crippen LogP contribution in [0.15, 0.2) is 24.3 Å². The number of hydrogen-bond acceptors (Lipinski definition) is 3.